The summed E-state index contributed by atoms with van der Waals surface area (Å²) in [5, 5.41) is 3.45. The summed E-state index contributed by atoms with van der Waals surface area (Å²) in [5.74, 6) is 0.327. The Hall–Kier alpha value is -1.67. The predicted molar refractivity (Wildman–Crippen MR) is 76.8 cm³/mol. The molecule has 2 aromatic rings. The third-order valence-corrected chi connectivity index (χ3v) is 3.86. The van der Waals surface area contributed by atoms with Gasteiger partial charge in [0.2, 0.25) is 0 Å². The van der Waals surface area contributed by atoms with Crippen molar-refractivity contribution in [3.8, 4) is 11.1 Å². The molecule has 3 rings (SSSR count). The second-order valence-electron chi connectivity index (χ2n) is 5.28. The lowest BCUT2D eigenvalue weighted by Crippen LogP contribution is -2.18. The first-order valence-electron chi connectivity index (χ1n) is 6.83. The van der Waals surface area contributed by atoms with Gasteiger partial charge in [-0.1, -0.05) is 37.3 Å². The molecule has 1 atom stereocenters. The van der Waals surface area contributed by atoms with E-state index in [9.17, 15) is 4.39 Å². The van der Waals surface area contributed by atoms with Gasteiger partial charge in [0, 0.05) is 6.54 Å². The van der Waals surface area contributed by atoms with Gasteiger partial charge in [0.1, 0.15) is 5.82 Å². The number of hydrogen-bond acceptors (Lipinski definition) is 1. The van der Waals surface area contributed by atoms with Crippen molar-refractivity contribution in [1.29, 1.82) is 0 Å². The van der Waals surface area contributed by atoms with Gasteiger partial charge >= 0.3 is 0 Å². The second kappa shape index (κ2) is 5.14. The van der Waals surface area contributed by atoms with E-state index in [-0.39, 0.29) is 5.82 Å². The summed E-state index contributed by atoms with van der Waals surface area (Å²) in [4.78, 5) is 0. The molecule has 1 aliphatic heterocycles. The molecule has 0 saturated carbocycles. The van der Waals surface area contributed by atoms with E-state index in [2.05, 4.69) is 30.4 Å². The van der Waals surface area contributed by atoms with E-state index in [1.54, 1.807) is 12.1 Å². The van der Waals surface area contributed by atoms with Crippen LogP contribution in [0.3, 0.4) is 0 Å². The van der Waals surface area contributed by atoms with E-state index in [4.69, 9.17) is 0 Å². The minimum atomic E-state index is -0.179. The molecule has 0 amide bonds. The highest BCUT2D eigenvalue weighted by Gasteiger charge is 2.15. The van der Waals surface area contributed by atoms with Crippen molar-refractivity contribution in [2.45, 2.75) is 19.3 Å². The van der Waals surface area contributed by atoms with Gasteiger partial charge in [0.25, 0.3) is 0 Å². The second-order valence-corrected chi connectivity index (χ2v) is 5.28. The molecule has 98 valence electrons. The normalized spacial score (nSPS) is 18.7. The van der Waals surface area contributed by atoms with Gasteiger partial charge in [-0.2, -0.15) is 0 Å². The number of rotatable bonds is 1. The lowest BCUT2D eigenvalue weighted by Gasteiger charge is -2.14. The fourth-order valence-electron chi connectivity index (χ4n) is 2.78. The quantitative estimate of drug-likeness (QED) is 0.818. The molecule has 2 heteroatoms. The van der Waals surface area contributed by atoms with Crippen molar-refractivity contribution in [3.05, 3.63) is 59.4 Å². The fraction of sp³-hybridized carbons (Fsp3) is 0.294. The summed E-state index contributed by atoms with van der Waals surface area (Å²) in [6, 6.07) is 13.3. The molecule has 0 aromatic heterocycles. The Morgan fingerprint density at radius 1 is 1.11 bits per heavy atom. The van der Waals surface area contributed by atoms with Crippen molar-refractivity contribution in [1.82, 2.24) is 5.32 Å². The van der Waals surface area contributed by atoms with Crippen LogP contribution in [0.5, 0.6) is 0 Å². The maximum atomic E-state index is 13.3. The molecule has 1 nitrogen and oxygen atoms in total. The Morgan fingerprint density at radius 3 is 2.79 bits per heavy atom. The maximum Gasteiger partial charge on any atom is 0.123 e. The van der Waals surface area contributed by atoms with E-state index in [1.807, 2.05) is 6.07 Å². The molecule has 0 spiro atoms. The van der Waals surface area contributed by atoms with Crippen LogP contribution in [0, 0.1) is 5.82 Å². The van der Waals surface area contributed by atoms with Crippen LogP contribution < -0.4 is 5.32 Å². The highest BCUT2D eigenvalue weighted by molar-refractivity contribution is 5.65. The first-order chi connectivity index (χ1) is 9.24. The summed E-state index contributed by atoms with van der Waals surface area (Å²) in [6.45, 7) is 4.29. The largest absolute Gasteiger partial charge is 0.316 e. The van der Waals surface area contributed by atoms with Gasteiger partial charge < -0.3 is 5.32 Å². The predicted octanol–water partition coefficient (Wildman–Crippen LogP) is 3.74. The van der Waals surface area contributed by atoms with Crippen LogP contribution in [-0.2, 0) is 6.42 Å². The molecule has 1 aliphatic rings. The molecule has 0 saturated heterocycles. The molecule has 0 aliphatic carbocycles. The third-order valence-electron chi connectivity index (χ3n) is 3.86. The lowest BCUT2D eigenvalue weighted by molar-refractivity contribution is 0.628. The van der Waals surface area contributed by atoms with E-state index < -0.39 is 0 Å². The smallest absolute Gasteiger partial charge is 0.123 e. The number of nitrogens with one attached hydrogen (secondary N) is 1. The van der Waals surface area contributed by atoms with Gasteiger partial charge in [0.15, 0.2) is 0 Å². The number of fused-ring (bicyclic) bond motifs is 1. The zero-order chi connectivity index (χ0) is 13.2. The summed E-state index contributed by atoms with van der Waals surface area (Å²) < 4.78 is 13.3. The highest BCUT2D eigenvalue weighted by atomic mass is 19.1. The Balaban J connectivity index is 2.05. The number of benzene rings is 2. The van der Waals surface area contributed by atoms with Gasteiger partial charge in [-0.25, -0.2) is 4.39 Å². The molecule has 2 aromatic carbocycles. The van der Waals surface area contributed by atoms with Crippen LogP contribution in [0.15, 0.2) is 42.5 Å². The van der Waals surface area contributed by atoms with Crippen LogP contribution in [0.25, 0.3) is 11.1 Å². The van der Waals surface area contributed by atoms with Crippen molar-refractivity contribution in [2.24, 2.45) is 0 Å². The van der Waals surface area contributed by atoms with Gasteiger partial charge in [-0.3, -0.25) is 0 Å². The van der Waals surface area contributed by atoms with E-state index in [0.717, 1.165) is 30.6 Å². The first-order valence-corrected chi connectivity index (χ1v) is 6.83. The fourth-order valence-corrected chi connectivity index (χ4v) is 2.78. The van der Waals surface area contributed by atoms with Crippen molar-refractivity contribution in [2.75, 3.05) is 13.1 Å². The molecule has 1 N–H and O–H groups in total. The Kier molecular flexibility index (Phi) is 3.34. The molecule has 0 unspecified atom stereocenters. The number of halogens is 1. The van der Waals surface area contributed by atoms with Crippen LogP contribution in [0.1, 0.15) is 24.0 Å². The molecule has 0 bridgehead atoms. The number of hydrogen-bond donors (Lipinski definition) is 1. The molecule has 1 heterocycles. The van der Waals surface area contributed by atoms with E-state index in [1.165, 1.54) is 17.2 Å². The van der Waals surface area contributed by atoms with E-state index >= 15 is 0 Å². The van der Waals surface area contributed by atoms with Gasteiger partial charge in [-0.05, 0) is 53.3 Å². The van der Waals surface area contributed by atoms with Crippen molar-refractivity contribution in [3.63, 3.8) is 0 Å². The molecule has 19 heavy (non-hydrogen) atoms. The van der Waals surface area contributed by atoms with Gasteiger partial charge in [0.05, 0.1) is 0 Å². The maximum absolute atomic E-state index is 13.3. The SMILES string of the molecule is C[C@H]1CNCCc2ccc(-c3cccc(F)c3)cc21. The summed E-state index contributed by atoms with van der Waals surface area (Å²) >= 11 is 0. The average molecular weight is 255 g/mol. The zero-order valence-electron chi connectivity index (χ0n) is 11.1. The van der Waals surface area contributed by atoms with E-state index in [0.29, 0.717) is 5.92 Å². The molecular formula is C17H18FN. The molecule has 0 radical (unpaired) electrons. The molecule has 0 fully saturated rings. The monoisotopic (exact) mass is 255 g/mol. The zero-order valence-corrected chi connectivity index (χ0v) is 11.1. The molecular weight excluding hydrogens is 237 g/mol. The minimum Gasteiger partial charge on any atom is -0.316 e. The topological polar surface area (TPSA) is 12.0 Å². The Labute approximate surface area is 113 Å². The van der Waals surface area contributed by atoms with Gasteiger partial charge in [-0.15, -0.1) is 0 Å². The minimum absolute atomic E-state index is 0.179. The summed E-state index contributed by atoms with van der Waals surface area (Å²) in [7, 11) is 0. The van der Waals surface area contributed by atoms with Crippen molar-refractivity contribution < 1.29 is 4.39 Å². The summed E-state index contributed by atoms with van der Waals surface area (Å²) in [5.41, 5.74) is 4.86. The van der Waals surface area contributed by atoms with Crippen LogP contribution in [-0.4, -0.2) is 13.1 Å². The summed E-state index contributed by atoms with van der Waals surface area (Å²) in [6.07, 6.45) is 1.07. The van der Waals surface area contributed by atoms with Crippen molar-refractivity contribution >= 4 is 0 Å². The Bertz CT molecular complexity index is 592. The Morgan fingerprint density at radius 2 is 1.95 bits per heavy atom. The standard InChI is InChI=1S/C17H18FN/c1-12-11-19-8-7-13-5-6-15(10-17(12)13)14-3-2-4-16(18)9-14/h2-6,9-10,12,19H,7-8,11H2,1H3/t12-/m0/s1. The third kappa shape index (κ3) is 2.54. The first kappa shape index (κ1) is 12.4. The van der Waals surface area contributed by atoms with Crippen LogP contribution in [0.4, 0.5) is 4.39 Å². The lowest BCUT2D eigenvalue weighted by atomic mass is 9.91. The van der Waals surface area contributed by atoms with Crippen LogP contribution >= 0.6 is 0 Å². The van der Waals surface area contributed by atoms with Crippen LogP contribution in [0.2, 0.25) is 0 Å². The highest BCUT2D eigenvalue weighted by Crippen LogP contribution is 2.28. The average Bonchev–Trinajstić information content (AvgIpc) is 2.61.